The van der Waals surface area contributed by atoms with Gasteiger partial charge in [0.15, 0.2) is 0 Å². The van der Waals surface area contributed by atoms with Crippen molar-refractivity contribution in [1.29, 1.82) is 0 Å². The number of carboxylic acids is 1. The van der Waals surface area contributed by atoms with Crippen LogP contribution in [0.2, 0.25) is 0 Å². The highest BCUT2D eigenvalue weighted by molar-refractivity contribution is 5.94. The second-order valence-electron chi connectivity index (χ2n) is 4.89. The predicted octanol–water partition coefficient (Wildman–Crippen LogP) is 2.87. The number of aromatic hydroxyl groups is 1. The van der Waals surface area contributed by atoms with Gasteiger partial charge in [-0.05, 0) is 29.8 Å². The Kier molecular flexibility index (Phi) is 3.50. The van der Waals surface area contributed by atoms with E-state index in [4.69, 9.17) is 14.3 Å². The number of phenolic OH excluding ortho intramolecular Hbond substituents is 1. The van der Waals surface area contributed by atoms with Gasteiger partial charge in [-0.1, -0.05) is 12.1 Å². The number of benzene rings is 2. The van der Waals surface area contributed by atoms with Crippen molar-refractivity contribution in [2.45, 2.75) is 0 Å². The van der Waals surface area contributed by atoms with Crippen LogP contribution in [0.5, 0.6) is 11.5 Å². The predicted molar refractivity (Wildman–Crippen MR) is 83.1 cm³/mol. The summed E-state index contributed by atoms with van der Waals surface area (Å²) < 4.78 is 10.1. The van der Waals surface area contributed by atoms with E-state index in [0.29, 0.717) is 22.3 Å². The Balaban J connectivity index is 2.25. The van der Waals surface area contributed by atoms with Gasteiger partial charge in [0.1, 0.15) is 22.6 Å². The summed E-state index contributed by atoms with van der Waals surface area (Å²) in [5.41, 5.74) is -0.143. The Bertz CT molecular complexity index is 970. The van der Waals surface area contributed by atoms with E-state index in [0.717, 1.165) is 0 Å². The topological polar surface area (TPSA) is 97.0 Å². The average molecular weight is 312 g/mol. The molecule has 0 aliphatic carbocycles. The zero-order valence-corrected chi connectivity index (χ0v) is 12.1. The van der Waals surface area contributed by atoms with Gasteiger partial charge in [0.25, 0.3) is 0 Å². The molecule has 3 rings (SSSR count). The number of rotatable bonds is 3. The molecule has 0 aliphatic rings. The molecule has 0 amide bonds. The standard InChI is InChI=1S/C17H12O6/c1-22-11-4-2-3-9(5-11)12-6-10-7-13(16(19)20)17(21)23-15(10)8-14(12)18/h2-8,18H,1H3,(H,19,20). The molecule has 116 valence electrons. The van der Waals surface area contributed by atoms with Crippen molar-refractivity contribution in [3.8, 4) is 22.6 Å². The maximum absolute atomic E-state index is 11.6. The van der Waals surface area contributed by atoms with Crippen molar-refractivity contribution in [2.75, 3.05) is 7.11 Å². The van der Waals surface area contributed by atoms with Gasteiger partial charge in [-0.3, -0.25) is 0 Å². The molecule has 0 radical (unpaired) electrons. The minimum atomic E-state index is -1.36. The van der Waals surface area contributed by atoms with Gasteiger partial charge in [0, 0.05) is 17.0 Å². The number of hydrogen-bond acceptors (Lipinski definition) is 5. The molecule has 0 aliphatic heterocycles. The van der Waals surface area contributed by atoms with Crippen LogP contribution in [-0.4, -0.2) is 23.3 Å². The van der Waals surface area contributed by atoms with Crippen LogP contribution in [0.4, 0.5) is 0 Å². The van der Waals surface area contributed by atoms with E-state index in [1.54, 1.807) is 30.3 Å². The first-order chi connectivity index (χ1) is 11.0. The molecule has 0 unspecified atom stereocenters. The van der Waals surface area contributed by atoms with E-state index in [2.05, 4.69) is 0 Å². The minimum absolute atomic E-state index is 0.0861. The number of carbonyl (C=O) groups is 1. The average Bonchev–Trinajstić information content (AvgIpc) is 2.53. The minimum Gasteiger partial charge on any atom is -0.507 e. The highest BCUT2D eigenvalue weighted by atomic mass is 16.5. The summed E-state index contributed by atoms with van der Waals surface area (Å²) >= 11 is 0. The van der Waals surface area contributed by atoms with Crippen LogP contribution in [0, 0.1) is 0 Å². The summed E-state index contributed by atoms with van der Waals surface area (Å²) in [7, 11) is 1.53. The number of ether oxygens (including phenoxy) is 1. The number of carboxylic acid groups (broad SMARTS) is 1. The normalized spacial score (nSPS) is 10.7. The van der Waals surface area contributed by atoms with Crippen LogP contribution < -0.4 is 10.4 Å². The molecule has 1 heterocycles. The molecule has 0 saturated carbocycles. The molecular formula is C17H12O6. The molecule has 0 atom stereocenters. The van der Waals surface area contributed by atoms with Crippen LogP contribution in [0.25, 0.3) is 22.1 Å². The van der Waals surface area contributed by atoms with Gasteiger partial charge in [-0.25, -0.2) is 9.59 Å². The molecule has 6 nitrogen and oxygen atoms in total. The SMILES string of the molecule is COc1cccc(-c2cc3cc(C(=O)O)c(=O)oc3cc2O)c1. The summed E-state index contributed by atoms with van der Waals surface area (Å²) in [5.74, 6) is -0.832. The summed E-state index contributed by atoms with van der Waals surface area (Å²) in [6.45, 7) is 0. The van der Waals surface area contributed by atoms with E-state index >= 15 is 0 Å². The van der Waals surface area contributed by atoms with Crippen molar-refractivity contribution in [2.24, 2.45) is 0 Å². The number of phenols is 1. The lowest BCUT2D eigenvalue weighted by atomic mass is 10.0. The van der Waals surface area contributed by atoms with Crippen LogP contribution in [0.3, 0.4) is 0 Å². The third-order valence-corrected chi connectivity index (χ3v) is 3.46. The van der Waals surface area contributed by atoms with E-state index < -0.39 is 17.2 Å². The van der Waals surface area contributed by atoms with Gasteiger partial charge < -0.3 is 19.4 Å². The van der Waals surface area contributed by atoms with Crippen molar-refractivity contribution < 1.29 is 24.2 Å². The third-order valence-electron chi connectivity index (χ3n) is 3.46. The maximum Gasteiger partial charge on any atom is 0.351 e. The van der Waals surface area contributed by atoms with E-state index in [9.17, 15) is 14.7 Å². The Morgan fingerprint density at radius 3 is 2.65 bits per heavy atom. The Labute approximate surface area is 130 Å². The molecule has 0 spiro atoms. The smallest absolute Gasteiger partial charge is 0.351 e. The van der Waals surface area contributed by atoms with E-state index in [-0.39, 0.29) is 11.3 Å². The lowest BCUT2D eigenvalue weighted by Crippen LogP contribution is -2.12. The van der Waals surface area contributed by atoms with E-state index in [1.807, 2.05) is 0 Å². The van der Waals surface area contributed by atoms with Crippen LogP contribution in [0.15, 0.2) is 51.7 Å². The number of fused-ring (bicyclic) bond motifs is 1. The third kappa shape index (κ3) is 2.62. The molecule has 0 saturated heterocycles. The number of hydrogen-bond donors (Lipinski definition) is 2. The molecule has 2 N–H and O–H groups in total. The molecule has 6 heteroatoms. The van der Waals surface area contributed by atoms with E-state index in [1.165, 1.54) is 19.2 Å². The molecule has 2 aromatic carbocycles. The lowest BCUT2D eigenvalue weighted by molar-refractivity contribution is 0.0692. The second-order valence-corrected chi connectivity index (χ2v) is 4.89. The molecule has 0 fully saturated rings. The van der Waals surface area contributed by atoms with Gasteiger partial charge >= 0.3 is 11.6 Å². The van der Waals surface area contributed by atoms with Gasteiger partial charge in [0.05, 0.1) is 7.11 Å². The first kappa shape index (κ1) is 14.6. The van der Waals surface area contributed by atoms with Crippen molar-refractivity contribution in [3.05, 3.63) is 58.4 Å². The maximum atomic E-state index is 11.6. The summed E-state index contributed by atoms with van der Waals surface area (Å²) in [4.78, 5) is 22.6. The zero-order chi connectivity index (χ0) is 16.6. The largest absolute Gasteiger partial charge is 0.507 e. The lowest BCUT2D eigenvalue weighted by Gasteiger charge is -2.08. The fourth-order valence-electron chi connectivity index (χ4n) is 2.33. The summed E-state index contributed by atoms with van der Waals surface area (Å²) in [6, 6.07) is 11.1. The molecule has 0 bridgehead atoms. The Hall–Kier alpha value is -3.28. The molecular weight excluding hydrogens is 300 g/mol. The van der Waals surface area contributed by atoms with Gasteiger partial charge in [0.2, 0.25) is 0 Å². The Morgan fingerprint density at radius 2 is 1.96 bits per heavy atom. The first-order valence-corrected chi connectivity index (χ1v) is 6.68. The monoisotopic (exact) mass is 312 g/mol. The Morgan fingerprint density at radius 1 is 1.17 bits per heavy atom. The van der Waals surface area contributed by atoms with Crippen LogP contribution >= 0.6 is 0 Å². The summed E-state index contributed by atoms with van der Waals surface area (Å²) in [5, 5.41) is 19.6. The molecule has 23 heavy (non-hydrogen) atoms. The fourth-order valence-corrected chi connectivity index (χ4v) is 2.33. The van der Waals surface area contributed by atoms with Gasteiger partial charge in [-0.2, -0.15) is 0 Å². The second kappa shape index (κ2) is 5.49. The highest BCUT2D eigenvalue weighted by Crippen LogP contribution is 2.34. The quantitative estimate of drug-likeness (QED) is 0.722. The number of methoxy groups -OCH3 is 1. The van der Waals surface area contributed by atoms with Crippen LogP contribution in [0.1, 0.15) is 10.4 Å². The number of aromatic carboxylic acids is 1. The highest BCUT2D eigenvalue weighted by Gasteiger charge is 2.15. The van der Waals surface area contributed by atoms with Crippen LogP contribution in [-0.2, 0) is 0 Å². The van der Waals surface area contributed by atoms with Crippen molar-refractivity contribution in [3.63, 3.8) is 0 Å². The van der Waals surface area contributed by atoms with Gasteiger partial charge in [-0.15, -0.1) is 0 Å². The first-order valence-electron chi connectivity index (χ1n) is 6.68. The summed E-state index contributed by atoms with van der Waals surface area (Å²) in [6.07, 6.45) is 0. The molecule has 1 aromatic heterocycles. The molecule has 3 aromatic rings. The fraction of sp³-hybridized carbons (Fsp3) is 0.0588. The van der Waals surface area contributed by atoms with Crippen molar-refractivity contribution in [1.82, 2.24) is 0 Å². The van der Waals surface area contributed by atoms with Crippen molar-refractivity contribution >= 4 is 16.9 Å². The zero-order valence-electron chi connectivity index (χ0n) is 12.1.